The Balaban J connectivity index is 2.54. The second kappa shape index (κ2) is 6.17. The summed E-state index contributed by atoms with van der Waals surface area (Å²) in [6, 6.07) is 5.10. The third-order valence-corrected chi connectivity index (χ3v) is 4.54. The Labute approximate surface area is 120 Å². The maximum absolute atomic E-state index is 11.6. The number of carboxylic acids is 1. The van der Waals surface area contributed by atoms with Crippen LogP contribution in [0.2, 0.25) is 0 Å². The number of nitrogens with zero attached hydrogens (tertiary/aromatic N) is 2. The molecule has 20 heavy (non-hydrogen) atoms. The van der Waals surface area contributed by atoms with Crippen LogP contribution in [0.4, 0.5) is 0 Å². The van der Waals surface area contributed by atoms with Gasteiger partial charge in [-0.2, -0.15) is 0 Å². The molecule has 0 bridgehead atoms. The van der Waals surface area contributed by atoms with E-state index in [1.807, 2.05) is 24.5 Å². The minimum absolute atomic E-state index is 0.247. The fraction of sp³-hybridized carbons (Fsp3) is 0.429. The van der Waals surface area contributed by atoms with E-state index >= 15 is 0 Å². The summed E-state index contributed by atoms with van der Waals surface area (Å²) in [4.78, 5) is 15.8. The number of carboxylic acid groups (broad SMARTS) is 1. The van der Waals surface area contributed by atoms with Gasteiger partial charge >= 0.3 is 5.97 Å². The number of carbonyl (C=O) groups is 1. The molecule has 5 nitrogen and oxygen atoms in total. The maximum Gasteiger partial charge on any atom is 0.337 e. The Morgan fingerprint density at radius 1 is 1.40 bits per heavy atom. The van der Waals surface area contributed by atoms with Gasteiger partial charge in [-0.25, -0.2) is 9.78 Å². The molecule has 1 aromatic carbocycles. The molecule has 0 fully saturated rings. The molecule has 0 amide bonds. The quantitative estimate of drug-likeness (QED) is 0.885. The van der Waals surface area contributed by atoms with E-state index in [2.05, 4.69) is 4.98 Å². The van der Waals surface area contributed by atoms with Crippen molar-refractivity contribution in [3.63, 3.8) is 0 Å². The molecule has 0 aliphatic rings. The standard InChI is InChI=1S/C14H18N2O3S/c1-3-12-15-11-7-5-6-10(14(17)18)13(11)16(12)8-9-20(19)4-2/h5-7H,3-4,8-9H2,1-2H3,(H,17,18). The lowest BCUT2D eigenvalue weighted by molar-refractivity contribution is 0.0698. The molecular weight excluding hydrogens is 276 g/mol. The lowest BCUT2D eigenvalue weighted by atomic mass is 10.2. The molecular formula is C14H18N2O3S. The summed E-state index contributed by atoms with van der Waals surface area (Å²) in [5, 5.41) is 9.31. The largest absolute Gasteiger partial charge is 0.478 e. The van der Waals surface area contributed by atoms with Crippen LogP contribution in [-0.4, -0.2) is 36.3 Å². The lowest BCUT2D eigenvalue weighted by Gasteiger charge is -2.09. The third-order valence-electron chi connectivity index (χ3n) is 3.26. The second-order valence-corrected chi connectivity index (χ2v) is 6.31. The Morgan fingerprint density at radius 3 is 2.75 bits per heavy atom. The maximum atomic E-state index is 11.6. The fourth-order valence-corrected chi connectivity index (χ4v) is 2.93. The molecule has 0 spiro atoms. The second-order valence-electron chi connectivity index (χ2n) is 4.44. The molecule has 0 aliphatic carbocycles. The zero-order valence-corrected chi connectivity index (χ0v) is 12.4. The molecule has 0 radical (unpaired) electrons. The molecule has 1 aromatic heterocycles. The van der Waals surface area contributed by atoms with Crippen molar-refractivity contribution in [2.45, 2.75) is 26.8 Å². The number of imidazole rings is 1. The molecule has 1 atom stereocenters. The summed E-state index contributed by atoms with van der Waals surface area (Å²) >= 11 is 0. The zero-order chi connectivity index (χ0) is 14.7. The average Bonchev–Trinajstić information content (AvgIpc) is 2.82. The van der Waals surface area contributed by atoms with E-state index in [1.165, 1.54) is 0 Å². The topological polar surface area (TPSA) is 72.2 Å². The monoisotopic (exact) mass is 294 g/mol. The van der Waals surface area contributed by atoms with Gasteiger partial charge in [-0.05, 0) is 12.1 Å². The highest BCUT2D eigenvalue weighted by molar-refractivity contribution is 7.84. The smallest absolute Gasteiger partial charge is 0.337 e. The summed E-state index contributed by atoms with van der Waals surface area (Å²) < 4.78 is 13.5. The van der Waals surface area contributed by atoms with Crippen LogP contribution in [0.1, 0.15) is 30.0 Å². The van der Waals surface area contributed by atoms with E-state index in [4.69, 9.17) is 0 Å². The van der Waals surface area contributed by atoms with E-state index in [0.29, 0.717) is 35.5 Å². The van der Waals surface area contributed by atoms with Crippen LogP contribution >= 0.6 is 0 Å². The Hall–Kier alpha value is -1.69. The van der Waals surface area contributed by atoms with E-state index in [9.17, 15) is 14.1 Å². The van der Waals surface area contributed by atoms with Gasteiger partial charge in [0.25, 0.3) is 0 Å². The van der Waals surface area contributed by atoms with Crippen molar-refractivity contribution in [1.29, 1.82) is 0 Å². The predicted octanol–water partition coefficient (Wildman–Crippen LogP) is 2.07. The number of benzene rings is 1. The zero-order valence-electron chi connectivity index (χ0n) is 11.6. The van der Waals surface area contributed by atoms with Crippen molar-refractivity contribution in [1.82, 2.24) is 9.55 Å². The average molecular weight is 294 g/mol. The van der Waals surface area contributed by atoms with Gasteiger partial charge in [0.05, 0.1) is 16.6 Å². The molecule has 6 heteroatoms. The number of hydrogen-bond donors (Lipinski definition) is 1. The van der Waals surface area contributed by atoms with E-state index in [-0.39, 0.29) is 5.56 Å². The molecule has 108 valence electrons. The summed E-state index contributed by atoms with van der Waals surface area (Å²) in [6.45, 7) is 4.39. The van der Waals surface area contributed by atoms with Crippen LogP contribution in [0.15, 0.2) is 18.2 Å². The Kier molecular flexibility index (Phi) is 4.54. The molecule has 1 N–H and O–H groups in total. The number of para-hydroxylation sites is 1. The number of rotatable bonds is 6. The van der Waals surface area contributed by atoms with Crippen molar-refractivity contribution >= 4 is 27.8 Å². The first-order valence-electron chi connectivity index (χ1n) is 6.64. The van der Waals surface area contributed by atoms with Gasteiger partial charge < -0.3 is 9.67 Å². The van der Waals surface area contributed by atoms with Gasteiger partial charge in [0, 0.05) is 35.3 Å². The Morgan fingerprint density at radius 2 is 2.15 bits per heavy atom. The van der Waals surface area contributed by atoms with Gasteiger partial charge in [0.15, 0.2) is 0 Å². The van der Waals surface area contributed by atoms with Crippen LogP contribution in [-0.2, 0) is 23.8 Å². The van der Waals surface area contributed by atoms with Crippen molar-refractivity contribution in [3.05, 3.63) is 29.6 Å². The minimum Gasteiger partial charge on any atom is -0.478 e. The molecule has 0 aliphatic heterocycles. The van der Waals surface area contributed by atoms with Gasteiger partial charge in [-0.1, -0.05) is 19.9 Å². The van der Waals surface area contributed by atoms with Crippen LogP contribution in [0.5, 0.6) is 0 Å². The SMILES string of the molecule is CCc1nc2cccc(C(=O)O)c2n1CCS(=O)CC. The van der Waals surface area contributed by atoms with E-state index in [0.717, 1.165) is 5.82 Å². The van der Waals surface area contributed by atoms with Crippen molar-refractivity contribution in [2.24, 2.45) is 0 Å². The Bertz CT molecular complexity index is 664. The minimum atomic E-state index is -0.962. The number of hydrogen-bond acceptors (Lipinski definition) is 3. The number of aromatic nitrogens is 2. The first-order chi connectivity index (χ1) is 9.58. The summed E-state index contributed by atoms with van der Waals surface area (Å²) in [6.07, 6.45) is 0.715. The lowest BCUT2D eigenvalue weighted by Crippen LogP contribution is -2.13. The van der Waals surface area contributed by atoms with Gasteiger partial charge in [0.1, 0.15) is 5.82 Å². The predicted molar refractivity (Wildman–Crippen MR) is 79.6 cm³/mol. The molecule has 0 saturated carbocycles. The summed E-state index contributed by atoms with van der Waals surface area (Å²) in [5.74, 6) is 1.00. The number of fused-ring (bicyclic) bond motifs is 1. The first-order valence-corrected chi connectivity index (χ1v) is 8.13. The van der Waals surface area contributed by atoms with Crippen LogP contribution in [0.25, 0.3) is 11.0 Å². The highest BCUT2D eigenvalue weighted by Crippen LogP contribution is 2.21. The van der Waals surface area contributed by atoms with Gasteiger partial charge in [0.2, 0.25) is 0 Å². The van der Waals surface area contributed by atoms with Crippen LogP contribution in [0, 0.1) is 0 Å². The van der Waals surface area contributed by atoms with Gasteiger partial charge in [-0.3, -0.25) is 4.21 Å². The molecule has 2 rings (SSSR count). The summed E-state index contributed by atoms with van der Waals surface area (Å²) in [7, 11) is -0.878. The fourth-order valence-electron chi connectivity index (χ4n) is 2.25. The van der Waals surface area contributed by atoms with Crippen molar-refractivity contribution < 1.29 is 14.1 Å². The number of aryl methyl sites for hydroxylation is 2. The highest BCUT2D eigenvalue weighted by atomic mass is 32.2. The molecule has 2 aromatic rings. The van der Waals surface area contributed by atoms with Crippen molar-refractivity contribution in [3.8, 4) is 0 Å². The summed E-state index contributed by atoms with van der Waals surface area (Å²) in [5.41, 5.74) is 1.56. The third kappa shape index (κ3) is 2.75. The molecule has 0 saturated heterocycles. The van der Waals surface area contributed by atoms with Gasteiger partial charge in [-0.15, -0.1) is 0 Å². The van der Waals surface area contributed by atoms with Crippen LogP contribution < -0.4 is 0 Å². The van der Waals surface area contributed by atoms with Crippen LogP contribution in [0.3, 0.4) is 0 Å². The number of aromatic carboxylic acids is 1. The normalized spacial score (nSPS) is 12.7. The van der Waals surface area contributed by atoms with E-state index < -0.39 is 16.8 Å². The highest BCUT2D eigenvalue weighted by Gasteiger charge is 2.16. The van der Waals surface area contributed by atoms with Crippen molar-refractivity contribution in [2.75, 3.05) is 11.5 Å². The molecule has 1 heterocycles. The molecule has 1 unspecified atom stereocenters. The van der Waals surface area contributed by atoms with E-state index in [1.54, 1.807) is 12.1 Å². The first kappa shape index (κ1) is 14.7.